The van der Waals surface area contributed by atoms with Crippen LogP contribution in [0.1, 0.15) is 31.8 Å². The molecule has 7 heteroatoms. The van der Waals surface area contributed by atoms with Crippen LogP contribution in [-0.2, 0) is 4.79 Å². The van der Waals surface area contributed by atoms with E-state index in [1.165, 1.54) is 11.8 Å². The predicted octanol–water partition coefficient (Wildman–Crippen LogP) is 6.39. The highest BCUT2D eigenvalue weighted by Crippen LogP contribution is 2.23. The molecule has 0 atom stereocenters. The summed E-state index contributed by atoms with van der Waals surface area (Å²) in [6.07, 6.45) is 1.61. The Bertz CT molecular complexity index is 1480. The van der Waals surface area contributed by atoms with Gasteiger partial charge in [-0.2, -0.15) is 0 Å². The molecule has 0 aliphatic rings. The van der Waals surface area contributed by atoms with Gasteiger partial charge < -0.3 is 15.4 Å². The van der Waals surface area contributed by atoms with E-state index in [0.29, 0.717) is 28.1 Å². The first kappa shape index (κ1) is 27.4. The minimum absolute atomic E-state index is 0.0303. The van der Waals surface area contributed by atoms with E-state index >= 15 is 0 Å². The lowest BCUT2D eigenvalue weighted by atomic mass is 10.1. The largest absolute Gasteiger partial charge is 0.497 e. The lowest BCUT2D eigenvalue weighted by Crippen LogP contribution is -2.30. The Hall–Kier alpha value is -4.62. The van der Waals surface area contributed by atoms with E-state index in [2.05, 4.69) is 10.6 Å². The minimum Gasteiger partial charge on any atom is -0.497 e. The molecule has 2 amide bonds. The summed E-state index contributed by atoms with van der Waals surface area (Å²) in [7, 11) is 1.58. The van der Waals surface area contributed by atoms with Gasteiger partial charge in [0.1, 0.15) is 11.4 Å². The van der Waals surface area contributed by atoms with E-state index < -0.39 is 11.8 Å². The van der Waals surface area contributed by atoms with Gasteiger partial charge in [-0.3, -0.25) is 14.4 Å². The van der Waals surface area contributed by atoms with E-state index in [1.807, 2.05) is 49.4 Å². The molecule has 4 aromatic carbocycles. The van der Waals surface area contributed by atoms with E-state index in [1.54, 1.807) is 73.8 Å². The molecule has 0 saturated carbocycles. The third kappa shape index (κ3) is 7.93. The number of ketones is 1. The monoisotopic (exact) mass is 536 g/mol. The third-order valence-corrected chi connectivity index (χ3v) is 6.78. The van der Waals surface area contributed by atoms with Crippen molar-refractivity contribution in [3.63, 3.8) is 0 Å². The number of rotatable bonds is 10. The zero-order valence-electron chi connectivity index (χ0n) is 21.6. The molecule has 0 aliphatic heterocycles. The SMILES string of the molecule is COc1ccc(/C=C(\NC(=O)c2ccccc2)C(=O)Nc2cccc(SCC(=O)c3ccc(C)cc3)c2)cc1. The van der Waals surface area contributed by atoms with Gasteiger partial charge in [0.15, 0.2) is 5.78 Å². The third-order valence-electron chi connectivity index (χ3n) is 5.79. The second-order valence-corrected chi connectivity index (χ2v) is 9.76. The van der Waals surface area contributed by atoms with Gasteiger partial charge in [-0.1, -0.05) is 66.2 Å². The Morgan fingerprint density at radius 2 is 1.54 bits per heavy atom. The fourth-order valence-electron chi connectivity index (χ4n) is 3.64. The average Bonchev–Trinajstić information content (AvgIpc) is 2.97. The van der Waals surface area contributed by atoms with Crippen molar-refractivity contribution < 1.29 is 19.1 Å². The molecule has 39 heavy (non-hydrogen) atoms. The molecule has 0 heterocycles. The van der Waals surface area contributed by atoms with Crippen LogP contribution in [0.4, 0.5) is 5.69 Å². The zero-order valence-corrected chi connectivity index (χ0v) is 22.5. The van der Waals surface area contributed by atoms with Crippen LogP contribution in [0, 0.1) is 6.92 Å². The van der Waals surface area contributed by atoms with Gasteiger partial charge in [0.2, 0.25) is 0 Å². The van der Waals surface area contributed by atoms with E-state index in [4.69, 9.17) is 4.74 Å². The molecule has 0 saturated heterocycles. The molecule has 0 bridgehead atoms. The highest BCUT2D eigenvalue weighted by molar-refractivity contribution is 8.00. The number of methoxy groups -OCH3 is 1. The Balaban J connectivity index is 1.49. The van der Waals surface area contributed by atoms with Crippen LogP contribution in [0.5, 0.6) is 5.75 Å². The van der Waals surface area contributed by atoms with Crippen molar-refractivity contribution in [2.45, 2.75) is 11.8 Å². The second-order valence-electron chi connectivity index (χ2n) is 8.71. The Morgan fingerprint density at radius 1 is 0.821 bits per heavy atom. The van der Waals surface area contributed by atoms with E-state index in [9.17, 15) is 14.4 Å². The number of Topliss-reactive ketones (excluding diaryl/α,β-unsaturated/α-hetero) is 1. The molecule has 2 N–H and O–H groups in total. The number of hydrogen-bond donors (Lipinski definition) is 2. The second kappa shape index (κ2) is 13.3. The van der Waals surface area contributed by atoms with E-state index in [-0.39, 0.29) is 17.2 Å². The first-order valence-electron chi connectivity index (χ1n) is 12.3. The van der Waals surface area contributed by atoms with Crippen LogP contribution in [0.3, 0.4) is 0 Å². The lowest BCUT2D eigenvalue weighted by molar-refractivity contribution is -0.113. The summed E-state index contributed by atoms with van der Waals surface area (Å²) in [5.74, 6) is 0.109. The van der Waals surface area contributed by atoms with Crippen LogP contribution in [0.15, 0.2) is 114 Å². The number of hydrogen-bond acceptors (Lipinski definition) is 5. The number of ether oxygens (including phenoxy) is 1. The molecular weight excluding hydrogens is 508 g/mol. The highest BCUT2D eigenvalue weighted by atomic mass is 32.2. The fraction of sp³-hybridized carbons (Fsp3) is 0.0938. The highest BCUT2D eigenvalue weighted by Gasteiger charge is 2.16. The normalized spacial score (nSPS) is 11.0. The number of thioether (sulfide) groups is 1. The summed E-state index contributed by atoms with van der Waals surface area (Å²) in [4.78, 5) is 39.6. The van der Waals surface area contributed by atoms with Crippen molar-refractivity contribution in [3.05, 3.63) is 131 Å². The Labute approximate surface area is 232 Å². The first-order valence-corrected chi connectivity index (χ1v) is 13.3. The summed E-state index contributed by atoms with van der Waals surface area (Å²) < 4.78 is 5.21. The molecule has 0 unspecified atom stereocenters. The summed E-state index contributed by atoms with van der Waals surface area (Å²) >= 11 is 1.39. The summed E-state index contributed by atoms with van der Waals surface area (Å²) in [6.45, 7) is 1.98. The quantitative estimate of drug-likeness (QED) is 0.139. The zero-order chi connectivity index (χ0) is 27.6. The number of aryl methyl sites for hydroxylation is 1. The number of carbonyl (C=O) groups is 3. The molecular formula is C32H28N2O4S. The lowest BCUT2D eigenvalue weighted by Gasteiger charge is -2.12. The van der Waals surface area contributed by atoms with Gasteiger partial charge in [0, 0.05) is 21.7 Å². The molecule has 0 aromatic heterocycles. The van der Waals surface area contributed by atoms with Crippen LogP contribution in [0.25, 0.3) is 6.08 Å². The maximum atomic E-state index is 13.3. The smallest absolute Gasteiger partial charge is 0.272 e. The summed E-state index contributed by atoms with van der Waals surface area (Å²) in [6, 6.07) is 30.6. The van der Waals surface area contributed by atoms with E-state index in [0.717, 1.165) is 10.5 Å². The minimum atomic E-state index is -0.479. The Kier molecular flexibility index (Phi) is 9.32. The molecule has 0 fully saturated rings. The molecule has 4 rings (SSSR count). The van der Waals surface area contributed by atoms with Crippen molar-refractivity contribution in [2.24, 2.45) is 0 Å². The number of amides is 2. The number of nitrogens with one attached hydrogen (secondary N) is 2. The number of benzene rings is 4. The molecule has 0 radical (unpaired) electrons. The van der Waals surface area contributed by atoms with Gasteiger partial charge in [-0.25, -0.2) is 0 Å². The van der Waals surface area contributed by atoms with Crippen molar-refractivity contribution in [2.75, 3.05) is 18.2 Å². The summed E-state index contributed by atoms with van der Waals surface area (Å²) in [5, 5.41) is 5.60. The maximum absolute atomic E-state index is 13.3. The average molecular weight is 537 g/mol. The van der Waals surface area contributed by atoms with Crippen LogP contribution < -0.4 is 15.4 Å². The topological polar surface area (TPSA) is 84.5 Å². The van der Waals surface area contributed by atoms with Gasteiger partial charge in [0.25, 0.3) is 11.8 Å². The Morgan fingerprint density at radius 3 is 2.23 bits per heavy atom. The number of anilines is 1. The van der Waals surface area contributed by atoms with Gasteiger partial charge >= 0.3 is 0 Å². The van der Waals surface area contributed by atoms with Gasteiger partial charge in [-0.05, 0) is 61.0 Å². The van der Waals surface area contributed by atoms with Crippen LogP contribution in [-0.4, -0.2) is 30.5 Å². The summed E-state index contributed by atoms with van der Waals surface area (Å²) in [5.41, 5.74) is 3.54. The molecule has 6 nitrogen and oxygen atoms in total. The van der Waals surface area contributed by atoms with Crippen molar-refractivity contribution in [1.29, 1.82) is 0 Å². The molecule has 4 aromatic rings. The van der Waals surface area contributed by atoms with Crippen LogP contribution >= 0.6 is 11.8 Å². The standard InChI is InChI=1S/C32H28N2O4S/c1-22-11-15-24(16-12-22)30(35)21-39-28-10-6-9-26(20-28)33-32(37)29(19-23-13-17-27(38-2)18-14-23)34-31(36)25-7-4-3-5-8-25/h3-20H,21H2,1-2H3,(H,33,37)(H,34,36)/b29-19-. The van der Waals surface area contributed by atoms with Crippen molar-refractivity contribution in [1.82, 2.24) is 5.32 Å². The maximum Gasteiger partial charge on any atom is 0.272 e. The number of carbonyl (C=O) groups excluding carboxylic acids is 3. The fourth-order valence-corrected chi connectivity index (χ4v) is 4.49. The van der Waals surface area contributed by atoms with Gasteiger partial charge in [-0.15, -0.1) is 11.8 Å². The molecule has 196 valence electrons. The van der Waals surface area contributed by atoms with Crippen molar-refractivity contribution in [3.8, 4) is 5.75 Å². The predicted molar refractivity (Wildman–Crippen MR) is 156 cm³/mol. The van der Waals surface area contributed by atoms with Crippen molar-refractivity contribution >= 4 is 41.1 Å². The van der Waals surface area contributed by atoms with Gasteiger partial charge in [0.05, 0.1) is 12.9 Å². The molecule has 0 aliphatic carbocycles. The first-order chi connectivity index (χ1) is 18.9. The molecule has 0 spiro atoms. The van der Waals surface area contributed by atoms with Crippen LogP contribution in [0.2, 0.25) is 0 Å².